The van der Waals surface area contributed by atoms with Gasteiger partial charge in [-0.15, -0.1) is 0 Å². The van der Waals surface area contributed by atoms with Gasteiger partial charge in [0.1, 0.15) is 6.04 Å². The molecule has 2 atom stereocenters. The van der Waals surface area contributed by atoms with E-state index >= 15 is 0 Å². The first-order valence-electron chi connectivity index (χ1n) is 7.47. The first-order valence-corrected chi connectivity index (χ1v) is 7.47. The second kappa shape index (κ2) is 6.85. The summed E-state index contributed by atoms with van der Waals surface area (Å²) in [5, 5.41) is 6.19. The molecule has 0 radical (unpaired) electrons. The third-order valence-corrected chi connectivity index (χ3v) is 3.83. The Kier molecular flexibility index (Phi) is 5.37. The van der Waals surface area contributed by atoms with Gasteiger partial charge in [-0.25, -0.2) is 0 Å². The number of morpholine rings is 2. The highest BCUT2D eigenvalue weighted by Gasteiger charge is 2.29. The zero-order valence-electron chi connectivity index (χ0n) is 12.8. The van der Waals surface area contributed by atoms with Crippen molar-refractivity contribution < 1.29 is 14.3 Å². The van der Waals surface area contributed by atoms with Crippen molar-refractivity contribution in [2.24, 2.45) is 0 Å². The lowest BCUT2D eigenvalue weighted by molar-refractivity contribution is -0.129. The number of hydrogen-bond acceptors (Lipinski definition) is 5. The van der Waals surface area contributed by atoms with Gasteiger partial charge in [0.2, 0.25) is 5.91 Å². The van der Waals surface area contributed by atoms with Crippen molar-refractivity contribution in [3.05, 3.63) is 0 Å². The molecule has 2 N–H and O–H groups in total. The molecule has 2 rings (SSSR count). The first kappa shape index (κ1) is 15.7. The van der Waals surface area contributed by atoms with Crippen molar-refractivity contribution in [3.63, 3.8) is 0 Å². The average molecular weight is 285 g/mol. The van der Waals surface area contributed by atoms with E-state index in [2.05, 4.69) is 29.4 Å². The highest BCUT2D eigenvalue weighted by Crippen LogP contribution is 2.15. The number of ether oxygens (including phenoxy) is 2. The number of rotatable bonds is 4. The largest absolute Gasteiger partial charge is 0.375 e. The minimum Gasteiger partial charge on any atom is -0.375 e. The second-order valence-electron chi connectivity index (χ2n) is 6.18. The Morgan fingerprint density at radius 1 is 1.45 bits per heavy atom. The Morgan fingerprint density at radius 2 is 2.25 bits per heavy atom. The van der Waals surface area contributed by atoms with Crippen LogP contribution in [-0.2, 0) is 14.3 Å². The van der Waals surface area contributed by atoms with Crippen LogP contribution in [0.4, 0.5) is 0 Å². The van der Waals surface area contributed by atoms with Gasteiger partial charge in [0.25, 0.3) is 0 Å². The van der Waals surface area contributed by atoms with E-state index < -0.39 is 0 Å². The van der Waals surface area contributed by atoms with Crippen molar-refractivity contribution in [2.75, 3.05) is 45.9 Å². The predicted molar refractivity (Wildman–Crippen MR) is 76.7 cm³/mol. The SMILES string of the molecule is C[C@H]1OCCN[C@@H]1C(=O)NCCN1CCOC(C)(C)C1. The average Bonchev–Trinajstić information content (AvgIpc) is 2.38. The lowest BCUT2D eigenvalue weighted by atomic mass is 10.1. The summed E-state index contributed by atoms with van der Waals surface area (Å²) in [7, 11) is 0. The van der Waals surface area contributed by atoms with Crippen LogP contribution in [0.5, 0.6) is 0 Å². The van der Waals surface area contributed by atoms with Crippen molar-refractivity contribution in [3.8, 4) is 0 Å². The van der Waals surface area contributed by atoms with E-state index in [0.717, 1.165) is 32.8 Å². The summed E-state index contributed by atoms with van der Waals surface area (Å²) in [6, 6.07) is -0.232. The summed E-state index contributed by atoms with van der Waals surface area (Å²) < 4.78 is 11.2. The zero-order chi connectivity index (χ0) is 14.6. The Bertz CT molecular complexity index is 336. The van der Waals surface area contributed by atoms with Gasteiger partial charge >= 0.3 is 0 Å². The van der Waals surface area contributed by atoms with Crippen molar-refractivity contribution in [2.45, 2.75) is 38.5 Å². The number of nitrogens with one attached hydrogen (secondary N) is 2. The Morgan fingerprint density at radius 3 is 2.95 bits per heavy atom. The van der Waals surface area contributed by atoms with E-state index in [-0.39, 0.29) is 23.7 Å². The van der Waals surface area contributed by atoms with Crippen molar-refractivity contribution in [1.82, 2.24) is 15.5 Å². The molecule has 2 aliphatic rings. The Balaban J connectivity index is 1.68. The monoisotopic (exact) mass is 285 g/mol. The van der Waals surface area contributed by atoms with E-state index in [4.69, 9.17) is 9.47 Å². The minimum atomic E-state index is -0.232. The highest BCUT2D eigenvalue weighted by atomic mass is 16.5. The Hall–Kier alpha value is -0.690. The van der Waals surface area contributed by atoms with Gasteiger partial charge in [0.05, 0.1) is 24.9 Å². The van der Waals surface area contributed by atoms with Crippen LogP contribution >= 0.6 is 0 Å². The summed E-state index contributed by atoms with van der Waals surface area (Å²) in [5.41, 5.74) is -0.0878. The van der Waals surface area contributed by atoms with Crippen LogP contribution in [0.3, 0.4) is 0 Å². The number of carbonyl (C=O) groups is 1. The smallest absolute Gasteiger partial charge is 0.239 e. The lowest BCUT2D eigenvalue weighted by Gasteiger charge is -2.38. The molecule has 0 aromatic carbocycles. The summed E-state index contributed by atoms with van der Waals surface area (Å²) in [6.45, 7) is 11.7. The third kappa shape index (κ3) is 4.41. The first-order chi connectivity index (χ1) is 9.48. The highest BCUT2D eigenvalue weighted by molar-refractivity contribution is 5.82. The van der Waals surface area contributed by atoms with Crippen LogP contribution in [0.1, 0.15) is 20.8 Å². The van der Waals surface area contributed by atoms with Gasteiger partial charge in [-0.3, -0.25) is 9.69 Å². The van der Waals surface area contributed by atoms with Gasteiger partial charge in [0.15, 0.2) is 0 Å². The van der Waals surface area contributed by atoms with Gasteiger partial charge in [-0.05, 0) is 20.8 Å². The van der Waals surface area contributed by atoms with E-state index in [1.54, 1.807) is 0 Å². The van der Waals surface area contributed by atoms with Gasteiger partial charge in [-0.2, -0.15) is 0 Å². The fraction of sp³-hybridized carbons (Fsp3) is 0.929. The van der Waals surface area contributed by atoms with Gasteiger partial charge in [-0.1, -0.05) is 0 Å². The van der Waals surface area contributed by atoms with Crippen LogP contribution < -0.4 is 10.6 Å². The Labute approximate surface area is 121 Å². The summed E-state index contributed by atoms with van der Waals surface area (Å²) >= 11 is 0. The van der Waals surface area contributed by atoms with Crippen LogP contribution in [0.2, 0.25) is 0 Å². The molecule has 1 amide bonds. The van der Waals surface area contributed by atoms with Crippen LogP contribution in [0.15, 0.2) is 0 Å². The molecule has 116 valence electrons. The van der Waals surface area contributed by atoms with Crippen molar-refractivity contribution in [1.29, 1.82) is 0 Å². The molecule has 2 aliphatic heterocycles. The molecule has 0 unspecified atom stereocenters. The lowest BCUT2D eigenvalue weighted by Crippen LogP contribution is -2.56. The molecule has 0 aromatic heterocycles. The molecule has 20 heavy (non-hydrogen) atoms. The van der Waals surface area contributed by atoms with Crippen molar-refractivity contribution >= 4 is 5.91 Å². The summed E-state index contributed by atoms with van der Waals surface area (Å²) in [4.78, 5) is 14.4. The maximum Gasteiger partial charge on any atom is 0.239 e. The fourth-order valence-electron chi connectivity index (χ4n) is 2.78. The molecule has 0 saturated carbocycles. The van der Waals surface area contributed by atoms with Crippen LogP contribution in [0.25, 0.3) is 0 Å². The standard InChI is InChI=1S/C14H27N3O3/c1-11-12(15-5-8-19-11)13(18)16-4-6-17-7-9-20-14(2,3)10-17/h11-12,15H,4-10H2,1-3H3,(H,16,18)/t11-,12+/m1/s1. The topological polar surface area (TPSA) is 62.8 Å². The van der Waals surface area contributed by atoms with E-state index in [9.17, 15) is 4.79 Å². The molecule has 2 saturated heterocycles. The fourth-order valence-corrected chi connectivity index (χ4v) is 2.78. The molecule has 6 heteroatoms. The molecule has 0 aromatic rings. The van der Waals surface area contributed by atoms with Gasteiger partial charge < -0.3 is 20.1 Å². The zero-order valence-corrected chi connectivity index (χ0v) is 12.8. The molecule has 2 fully saturated rings. The number of hydrogen-bond donors (Lipinski definition) is 2. The normalized spacial score (nSPS) is 30.9. The summed E-state index contributed by atoms with van der Waals surface area (Å²) in [6.07, 6.45) is -0.0638. The number of nitrogens with zero attached hydrogens (tertiary/aromatic N) is 1. The summed E-state index contributed by atoms with van der Waals surface area (Å²) in [5.74, 6) is 0.0321. The molecule has 0 spiro atoms. The van der Waals surface area contributed by atoms with Gasteiger partial charge in [0, 0.05) is 32.7 Å². The molecule has 6 nitrogen and oxygen atoms in total. The van der Waals surface area contributed by atoms with E-state index in [1.165, 1.54) is 0 Å². The maximum absolute atomic E-state index is 12.1. The maximum atomic E-state index is 12.1. The number of amides is 1. The van der Waals surface area contributed by atoms with Crippen LogP contribution in [0, 0.1) is 0 Å². The quantitative estimate of drug-likeness (QED) is 0.735. The third-order valence-electron chi connectivity index (χ3n) is 3.83. The molecular formula is C14H27N3O3. The van der Waals surface area contributed by atoms with E-state index in [0.29, 0.717) is 13.2 Å². The molecular weight excluding hydrogens is 258 g/mol. The second-order valence-corrected chi connectivity index (χ2v) is 6.18. The predicted octanol–water partition coefficient (Wildman–Crippen LogP) is -0.410. The molecule has 0 aliphatic carbocycles. The molecule has 0 bridgehead atoms. The van der Waals surface area contributed by atoms with E-state index in [1.807, 2.05) is 6.92 Å². The molecule has 2 heterocycles. The number of carbonyl (C=O) groups excluding carboxylic acids is 1. The minimum absolute atomic E-state index is 0.0321. The van der Waals surface area contributed by atoms with Crippen LogP contribution in [-0.4, -0.2) is 74.5 Å².